The zero-order chi connectivity index (χ0) is 17.1. The number of hydrogen-bond acceptors (Lipinski definition) is 4. The molecule has 128 valence electrons. The molecule has 1 aliphatic rings. The maximum absolute atomic E-state index is 13.7. The third kappa shape index (κ3) is 3.41. The van der Waals surface area contributed by atoms with Crippen molar-refractivity contribution < 1.29 is 18.7 Å². The minimum atomic E-state index is -0.553. The smallest absolute Gasteiger partial charge is 0.251 e. The van der Waals surface area contributed by atoms with E-state index >= 15 is 0 Å². The van der Waals surface area contributed by atoms with Gasteiger partial charge in [-0.05, 0) is 24.6 Å². The van der Waals surface area contributed by atoms with Crippen LogP contribution in [0.5, 0.6) is 5.75 Å². The first-order valence-electron chi connectivity index (χ1n) is 7.80. The third-order valence-electron chi connectivity index (χ3n) is 4.21. The van der Waals surface area contributed by atoms with E-state index in [2.05, 4.69) is 10.4 Å². The van der Waals surface area contributed by atoms with Gasteiger partial charge in [-0.15, -0.1) is 0 Å². The van der Waals surface area contributed by atoms with E-state index in [0.29, 0.717) is 13.2 Å². The second-order valence-electron chi connectivity index (χ2n) is 5.85. The number of halogens is 1. The van der Waals surface area contributed by atoms with Crippen LogP contribution in [0.1, 0.15) is 28.4 Å². The molecule has 24 heavy (non-hydrogen) atoms. The Balaban J connectivity index is 1.62. The van der Waals surface area contributed by atoms with Crippen molar-refractivity contribution in [3.05, 3.63) is 47.5 Å². The van der Waals surface area contributed by atoms with Gasteiger partial charge >= 0.3 is 0 Å². The third-order valence-corrected chi connectivity index (χ3v) is 4.21. The minimum Gasteiger partial charge on any atom is -0.494 e. The summed E-state index contributed by atoms with van der Waals surface area (Å²) in [5.41, 5.74) is 1.27. The summed E-state index contributed by atoms with van der Waals surface area (Å²) in [7, 11) is 3.24. The molecule has 1 N–H and O–H groups in total. The molecular weight excluding hydrogens is 313 g/mol. The molecule has 1 amide bonds. The Hall–Kier alpha value is -2.41. The van der Waals surface area contributed by atoms with Crippen molar-refractivity contribution in [1.82, 2.24) is 15.1 Å². The lowest BCUT2D eigenvalue weighted by molar-refractivity contribution is 0.0845. The number of hydrogen-bond donors (Lipinski definition) is 1. The van der Waals surface area contributed by atoms with Crippen molar-refractivity contribution >= 4 is 5.91 Å². The highest BCUT2D eigenvalue weighted by molar-refractivity contribution is 5.94. The van der Waals surface area contributed by atoms with E-state index in [-0.39, 0.29) is 29.2 Å². The first kappa shape index (κ1) is 16.4. The van der Waals surface area contributed by atoms with Crippen molar-refractivity contribution in [1.29, 1.82) is 0 Å². The second kappa shape index (κ2) is 7.00. The van der Waals surface area contributed by atoms with Gasteiger partial charge in [0.25, 0.3) is 5.91 Å². The number of rotatable bonds is 5. The molecule has 3 rings (SSSR count). The molecule has 2 aromatic rings. The van der Waals surface area contributed by atoms with Crippen molar-refractivity contribution in [2.24, 2.45) is 13.0 Å². The highest BCUT2D eigenvalue weighted by Gasteiger charge is 2.30. The fourth-order valence-electron chi connectivity index (χ4n) is 2.93. The number of aryl methyl sites for hydroxylation is 1. The molecule has 0 unspecified atom stereocenters. The summed E-state index contributed by atoms with van der Waals surface area (Å²) in [6, 6.07) is 4.17. The summed E-state index contributed by atoms with van der Waals surface area (Å²) < 4.78 is 26.1. The zero-order valence-corrected chi connectivity index (χ0v) is 13.7. The average molecular weight is 333 g/mol. The zero-order valence-electron chi connectivity index (χ0n) is 13.7. The van der Waals surface area contributed by atoms with Gasteiger partial charge in [0.1, 0.15) is 0 Å². The highest BCUT2D eigenvalue weighted by Crippen LogP contribution is 2.33. The van der Waals surface area contributed by atoms with Crippen LogP contribution in [0.2, 0.25) is 0 Å². The number of nitrogens with one attached hydrogen (secondary N) is 1. The number of benzene rings is 1. The van der Waals surface area contributed by atoms with Crippen molar-refractivity contribution in [3.63, 3.8) is 0 Å². The quantitative estimate of drug-likeness (QED) is 0.910. The van der Waals surface area contributed by atoms with Crippen LogP contribution in [0, 0.1) is 11.7 Å². The van der Waals surface area contributed by atoms with Gasteiger partial charge in [-0.25, -0.2) is 4.39 Å². The fraction of sp³-hybridized carbons (Fsp3) is 0.412. The molecule has 1 aromatic heterocycles. The lowest BCUT2D eigenvalue weighted by Gasteiger charge is -2.18. The van der Waals surface area contributed by atoms with Gasteiger partial charge in [-0.2, -0.15) is 5.10 Å². The molecule has 6 nitrogen and oxygen atoms in total. The normalized spacial score (nSPS) is 20.1. The van der Waals surface area contributed by atoms with E-state index < -0.39 is 5.82 Å². The van der Waals surface area contributed by atoms with Crippen LogP contribution in [0.15, 0.2) is 30.6 Å². The van der Waals surface area contributed by atoms with Crippen LogP contribution in [0.4, 0.5) is 4.39 Å². The Kier molecular flexibility index (Phi) is 4.80. The number of carbonyl (C=O) groups excluding carboxylic acids is 1. The summed E-state index contributed by atoms with van der Waals surface area (Å²) in [6.45, 7) is 1.11. The lowest BCUT2D eigenvalue weighted by Crippen LogP contribution is -2.30. The number of carbonyl (C=O) groups is 1. The molecule has 1 aliphatic heterocycles. The largest absolute Gasteiger partial charge is 0.494 e. The fourth-order valence-corrected chi connectivity index (χ4v) is 2.93. The first-order chi connectivity index (χ1) is 11.6. The van der Waals surface area contributed by atoms with Crippen LogP contribution in [-0.2, 0) is 11.8 Å². The van der Waals surface area contributed by atoms with Crippen molar-refractivity contribution in [3.8, 4) is 5.75 Å². The van der Waals surface area contributed by atoms with Gasteiger partial charge in [0.2, 0.25) is 0 Å². The number of aromatic nitrogens is 2. The Labute approximate surface area is 139 Å². The Bertz CT molecular complexity index is 732. The molecule has 1 fully saturated rings. The van der Waals surface area contributed by atoms with Gasteiger partial charge in [-0.1, -0.05) is 0 Å². The molecule has 0 spiro atoms. The van der Waals surface area contributed by atoms with Crippen LogP contribution in [-0.4, -0.2) is 35.9 Å². The van der Waals surface area contributed by atoms with Gasteiger partial charge in [-0.3, -0.25) is 9.48 Å². The average Bonchev–Trinajstić information content (AvgIpc) is 3.20. The number of nitrogens with zero attached hydrogens (tertiary/aromatic N) is 2. The molecule has 1 saturated heterocycles. The standard InChI is InChI=1S/C17H20FN3O3/c1-21-10-13(9-20-21)16-12(5-6-24-16)8-19-17(22)11-3-4-15(23-2)14(18)7-11/h3-4,7,9-10,12,16H,5-6,8H2,1-2H3,(H,19,22)/t12-,16+/m0/s1. The second-order valence-corrected chi connectivity index (χ2v) is 5.85. The van der Waals surface area contributed by atoms with Crippen LogP contribution >= 0.6 is 0 Å². The van der Waals surface area contributed by atoms with Crippen molar-refractivity contribution in [2.75, 3.05) is 20.3 Å². The molecule has 0 radical (unpaired) electrons. The maximum atomic E-state index is 13.7. The van der Waals surface area contributed by atoms with Gasteiger partial charge < -0.3 is 14.8 Å². The van der Waals surface area contributed by atoms with Gasteiger partial charge in [0, 0.05) is 43.4 Å². The topological polar surface area (TPSA) is 65.4 Å². The van der Waals surface area contributed by atoms with Crippen molar-refractivity contribution in [2.45, 2.75) is 12.5 Å². The molecule has 0 saturated carbocycles. The van der Waals surface area contributed by atoms with Crippen LogP contribution < -0.4 is 10.1 Å². The summed E-state index contributed by atoms with van der Waals surface area (Å²) in [6.07, 6.45) is 4.48. The van der Waals surface area contributed by atoms with E-state index in [0.717, 1.165) is 12.0 Å². The lowest BCUT2D eigenvalue weighted by atomic mass is 9.97. The molecule has 1 aromatic carbocycles. The molecule has 0 bridgehead atoms. The van der Waals surface area contributed by atoms with Crippen LogP contribution in [0.25, 0.3) is 0 Å². The Morgan fingerprint density at radius 1 is 1.54 bits per heavy atom. The van der Waals surface area contributed by atoms with E-state index in [1.165, 1.54) is 19.2 Å². The highest BCUT2D eigenvalue weighted by atomic mass is 19.1. The predicted molar refractivity (Wildman–Crippen MR) is 85.3 cm³/mol. The molecule has 2 atom stereocenters. The summed E-state index contributed by atoms with van der Waals surface area (Å²) >= 11 is 0. The molecular formula is C17H20FN3O3. The van der Waals surface area contributed by atoms with E-state index in [1.54, 1.807) is 16.9 Å². The van der Waals surface area contributed by atoms with Gasteiger partial charge in [0.15, 0.2) is 11.6 Å². The van der Waals surface area contributed by atoms with E-state index in [1.807, 2.05) is 13.2 Å². The first-order valence-corrected chi connectivity index (χ1v) is 7.80. The Morgan fingerprint density at radius 2 is 2.38 bits per heavy atom. The number of methoxy groups -OCH3 is 1. The number of ether oxygens (including phenoxy) is 2. The minimum absolute atomic E-state index is 0.0772. The molecule has 0 aliphatic carbocycles. The SMILES string of the molecule is COc1ccc(C(=O)NC[C@@H]2CCO[C@H]2c2cnn(C)c2)cc1F. The van der Waals surface area contributed by atoms with Crippen LogP contribution in [0.3, 0.4) is 0 Å². The Morgan fingerprint density at radius 3 is 3.04 bits per heavy atom. The molecule has 2 heterocycles. The van der Waals surface area contributed by atoms with E-state index in [4.69, 9.17) is 9.47 Å². The summed E-state index contributed by atoms with van der Waals surface area (Å²) in [5, 5.41) is 7.02. The summed E-state index contributed by atoms with van der Waals surface area (Å²) in [4.78, 5) is 12.2. The molecule has 7 heteroatoms. The summed E-state index contributed by atoms with van der Waals surface area (Å²) in [5.74, 6) is -0.579. The monoisotopic (exact) mass is 333 g/mol. The van der Waals surface area contributed by atoms with Gasteiger partial charge in [0.05, 0.1) is 19.4 Å². The predicted octanol–water partition coefficient (Wildman–Crippen LogP) is 2.08. The maximum Gasteiger partial charge on any atom is 0.251 e. The number of amides is 1. The van der Waals surface area contributed by atoms with E-state index in [9.17, 15) is 9.18 Å².